The van der Waals surface area contributed by atoms with Crippen molar-refractivity contribution in [3.63, 3.8) is 0 Å². The van der Waals surface area contributed by atoms with Crippen molar-refractivity contribution in [2.75, 3.05) is 26.1 Å². The smallest absolute Gasteiger partial charge is 0.349 e. The summed E-state index contributed by atoms with van der Waals surface area (Å²) in [5, 5.41) is 3.24. The normalized spacial score (nSPS) is 12.3. The van der Waals surface area contributed by atoms with Gasteiger partial charge >= 0.3 is 5.69 Å². The van der Waals surface area contributed by atoms with Gasteiger partial charge in [0.25, 0.3) is 0 Å². The fraction of sp³-hybridized carbons (Fsp3) is 0.444. The number of rotatable bonds is 6. The lowest BCUT2D eigenvalue weighted by Crippen LogP contribution is -2.29. The predicted octanol–water partition coefficient (Wildman–Crippen LogP) is 2.70. The summed E-state index contributed by atoms with van der Waals surface area (Å²) in [7, 11) is 3.25. The molecule has 6 heteroatoms. The number of hydrogen-bond acceptors (Lipinski definition) is 5. The van der Waals surface area contributed by atoms with Gasteiger partial charge in [0.1, 0.15) is 5.82 Å². The van der Waals surface area contributed by atoms with Gasteiger partial charge in [0, 0.05) is 24.7 Å². The molecule has 0 bridgehead atoms. The zero-order valence-corrected chi connectivity index (χ0v) is 14.4. The molecule has 2 aromatic rings. The lowest BCUT2D eigenvalue weighted by atomic mass is 9.97. The molecule has 1 aromatic heterocycles. The zero-order valence-electron chi connectivity index (χ0n) is 14.4. The number of unbranched alkanes of at least 4 members (excludes halogenated alkanes) is 1. The molecule has 0 unspecified atom stereocenters. The standard InChI is InChI=1S/C18H23N3O3/c1-4-5-7-19-17-11-14-13-10-16(24-3)15(23-2)9-12(13)6-8-21(14)18(22)20-17/h9-11H,4-8H2,1-3H3,(H,19,20,22). The number of aryl methyl sites for hydroxylation is 1. The topological polar surface area (TPSA) is 65.4 Å². The Hall–Kier alpha value is -2.50. The number of hydrogen-bond donors (Lipinski definition) is 1. The van der Waals surface area contributed by atoms with E-state index in [2.05, 4.69) is 17.2 Å². The first kappa shape index (κ1) is 16.4. The van der Waals surface area contributed by atoms with E-state index in [4.69, 9.17) is 9.47 Å². The van der Waals surface area contributed by atoms with E-state index in [0.717, 1.165) is 42.6 Å². The fourth-order valence-corrected chi connectivity index (χ4v) is 3.03. The van der Waals surface area contributed by atoms with Crippen LogP contribution in [0.15, 0.2) is 23.0 Å². The van der Waals surface area contributed by atoms with Gasteiger partial charge in [-0.3, -0.25) is 4.57 Å². The maximum Gasteiger partial charge on any atom is 0.349 e. The molecule has 1 aromatic carbocycles. The second kappa shape index (κ2) is 6.95. The highest BCUT2D eigenvalue weighted by Gasteiger charge is 2.21. The van der Waals surface area contributed by atoms with Crippen LogP contribution in [0.1, 0.15) is 25.3 Å². The SMILES string of the molecule is CCCCNc1cc2n(c(=O)n1)CCc1cc(OC)c(OC)cc1-2. The lowest BCUT2D eigenvalue weighted by molar-refractivity contribution is 0.354. The van der Waals surface area contributed by atoms with Gasteiger partial charge in [-0.1, -0.05) is 13.3 Å². The Morgan fingerprint density at radius 2 is 1.96 bits per heavy atom. The van der Waals surface area contributed by atoms with E-state index >= 15 is 0 Å². The van der Waals surface area contributed by atoms with E-state index in [9.17, 15) is 4.79 Å². The van der Waals surface area contributed by atoms with Crippen LogP contribution in [-0.4, -0.2) is 30.3 Å². The van der Waals surface area contributed by atoms with Crippen molar-refractivity contribution in [3.05, 3.63) is 34.2 Å². The predicted molar refractivity (Wildman–Crippen MR) is 94.1 cm³/mol. The molecule has 1 N–H and O–H groups in total. The van der Waals surface area contributed by atoms with Crippen molar-refractivity contribution in [2.45, 2.75) is 32.7 Å². The molecule has 0 radical (unpaired) electrons. The van der Waals surface area contributed by atoms with E-state index in [-0.39, 0.29) is 5.69 Å². The first-order valence-corrected chi connectivity index (χ1v) is 8.29. The van der Waals surface area contributed by atoms with Gasteiger partial charge in [-0.25, -0.2) is 4.79 Å². The molecule has 0 spiro atoms. The van der Waals surface area contributed by atoms with Crippen molar-refractivity contribution in [1.29, 1.82) is 0 Å². The van der Waals surface area contributed by atoms with Gasteiger partial charge < -0.3 is 14.8 Å². The van der Waals surface area contributed by atoms with Crippen molar-refractivity contribution in [2.24, 2.45) is 0 Å². The molecule has 0 saturated heterocycles. The van der Waals surface area contributed by atoms with Crippen LogP contribution in [0, 0.1) is 0 Å². The Balaban J connectivity index is 2.07. The van der Waals surface area contributed by atoms with Gasteiger partial charge in [0.15, 0.2) is 11.5 Å². The van der Waals surface area contributed by atoms with E-state index in [1.54, 1.807) is 18.8 Å². The third-order valence-corrected chi connectivity index (χ3v) is 4.34. The molecule has 3 rings (SSSR count). The van der Waals surface area contributed by atoms with Crippen molar-refractivity contribution < 1.29 is 9.47 Å². The Bertz CT molecular complexity index is 799. The summed E-state index contributed by atoms with van der Waals surface area (Å²) in [6.07, 6.45) is 2.91. The average Bonchev–Trinajstić information content (AvgIpc) is 2.60. The molecule has 0 fully saturated rings. The second-order valence-electron chi connectivity index (χ2n) is 5.86. The molecule has 0 atom stereocenters. The highest BCUT2D eigenvalue weighted by molar-refractivity contribution is 5.71. The molecular formula is C18H23N3O3. The number of nitrogens with one attached hydrogen (secondary N) is 1. The summed E-state index contributed by atoms with van der Waals surface area (Å²) in [5.74, 6) is 2.00. The van der Waals surface area contributed by atoms with Crippen LogP contribution < -0.4 is 20.5 Å². The number of anilines is 1. The summed E-state index contributed by atoms with van der Waals surface area (Å²) in [6.45, 7) is 3.57. The van der Waals surface area contributed by atoms with Crippen molar-refractivity contribution >= 4 is 5.82 Å². The Morgan fingerprint density at radius 3 is 2.67 bits per heavy atom. The third-order valence-electron chi connectivity index (χ3n) is 4.34. The molecule has 24 heavy (non-hydrogen) atoms. The highest BCUT2D eigenvalue weighted by atomic mass is 16.5. The molecular weight excluding hydrogens is 306 g/mol. The molecule has 1 aliphatic rings. The maximum absolute atomic E-state index is 12.4. The van der Waals surface area contributed by atoms with Crippen LogP contribution in [0.25, 0.3) is 11.3 Å². The lowest BCUT2D eigenvalue weighted by Gasteiger charge is -2.23. The van der Waals surface area contributed by atoms with Crippen molar-refractivity contribution in [3.8, 4) is 22.8 Å². The minimum absolute atomic E-state index is 0.216. The van der Waals surface area contributed by atoms with E-state index < -0.39 is 0 Å². The quantitative estimate of drug-likeness (QED) is 0.826. The number of ether oxygens (including phenoxy) is 2. The highest BCUT2D eigenvalue weighted by Crippen LogP contribution is 2.38. The van der Waals surface area contributed by atoms with Crippen LogP contribution in [0.4, 0.5) is 5.82 Å². The number of nitrogens with zero attached hydrogens (tertiary/aromatic N) is 2. The molecule has 128 valence electrons. The van der Waals surface area contributed by atoms with Gasteiger partial charge in [0.2, 0.25) is 0 Å². The minimum Gasteiger partial charge on any atom is -0.493 e. The van der Waals surface area contributed by atoms with Crippen molar-refractivity contribution in [1.82, 2.24) is 9.55 Å². The molecule has 0 amide bonds. The first-order valence-electron chi connectivity index (χ1n) is 8.29. The number of aromatic nitrogens is 2. The molecule has 6 nitrogen and oxygen atoms in total. The monoisotopic (exact) mass is 329 g/mol. The average molecular weight is 329 g/mol. The Morgan fingerprint density at radius 1 is 1.21 bits per heavy atom. The van der Waals surface area contributed by atoms with Crippen LogP contribution >= 0.6 is 0 Å². The fourth-order valence-electron chi connectivity index (χ4n) is 3.03. The summed E-state index contributed by atoms with van der Waals surface area (Å²) in [5.41, 5.74) is 2.80. The number of methoxy groups -OCH3 is 2. The minimum atomic E-state index is -0.216. The van der Waals surface area contributed by atoms with Crippen LogP contribution in [0.5, 0.6) is 11.5 Å². The summed E-state index contributed by atoms with van der Waals surface area (Å²) < 4.78 is 12.5. The van der Waals surface area contributed by atoms with E-state index in [1.807, 2.05) is 18.2 Å². The second-order valence-corrected chi connectivity index (χ2v) is 5.86. The molecule has 2 heterocycles. The van der Waals surface area contributed by atoms with Crippen LogP contribution in [-0.2, 0) is 13.0 Å². The van der Waals surface area contributed by atoms with Crippen LogP contribution in [0.2, 0.25) is 0 Å². The molecule has 0 saturated carbocycles. The van der Waals surface area contributed by atoms with Gasteiger partial charge in [-0.2, -0.15) is 4.98 Å². The summed E-state index contributed by atoms with van der Waals surface area (Å²) in [4.78, 5) is 16.5. The molecule has 1 aliphatic heterocycles. The number of fused-ring (bicyclic) bond motifs is 3. The Labute approximate surface area is 141 Å². The van der Waals surface area contributed by atoms with Crippen LogP contribution in [0.3, 0.4) is 0 Å². The molecule has 0 aliphatic carbocycles. The third kappa shape index (κ3) is 2.96. The largest absolute Gasteiger partial charge is 0.493 e. The van der Waals surface area contributed by atoms with E-state index in [0.29, 0.717) is 23.9 Å². The van der Waals surface area contributed by atoms with E-state index in [1.165, 1.54) is 0 Å². The number of benzene rings is 1. The maximum atomic E-state index is 12.4. The Kier molecular flexibility index (Phi) is 4.74. The summed E-state index contributed by atoms with van der Waals surface area (Å²) in [6, 6.07) is 5.88. The summed E-state index contributed by atoms with van der Waals surface area (Å²) >= 11 is 0. The van der Waals surface area contributed by atoms with Gasteiger partial charge in [0.05, 0.1) is 19.9 Å². The van der Waals surface area contributed by atoms with Gasteiger partial charge in [-0.15, -0.1) is 0 Å². The van der Waals surface area contributed by atoms with Gasteiger partial charge in [-0.05, 0) is 30.5 Å². The first-order chi connectivity index (χ1) is 11.7. The zero-order chi connectivity index (χ0) is 17.1.